The summed E-state index contributed by atoms with van der Waals surface area (Å²) in [6.07, 6.45) is 0. The molecule has 0 bridgehead atoms. The second-order valence-electron chi connectivity index (χ2n) is 12.9. The van der Waals surface area contributed by atoms with Crippen LogP contribution in [0.25, 0.3) is 33.1 Å². The zero-order valence-electron chi connectivity index (χ0n) is 28.1. The van der Waals surface area contributed by atoms with Gasteiger partial charge in [0, 0.05) is 27.8 Å². The van der Waals surface area contributed by atoms with E-state index in [9.17, 15) is 0 Å². The van der Waals surface area contributed by atoms with Gasteiger partial charge < -0.3 is 9.32 Å². The summed E-state index contributed by atoms with van der Waals surface area (Å²) in [6, 6.07) is 76.8. The zero-order chi connectivity index (χ0) is 34.0. The third-order valence-electron chi connectivity index (χ3n) is 10.0. The first kappa shape index (κ1) is 30.6. The Morgan fingerprint density at radius 2 is 0.725 bits per heavy atom. The molecule has 0 radical (unpaired) electrons. The molecule has 0 unspecified atom stereocenters. The highest BCUT2D eigenvalue weighted by atomic mass is 28.3. The van der Waals surface area contributed by atoms with Crippen LogP contribution in [-0.2, 0) is 0 Å². The maximum absolute atomic E-state index is 6.15. The van der Waals surface area contributed by atoms with Gasteiger partial charge in [-0.25, -0.2) is 0 Å². The minimum atomic E-state index is -2.57. The first-order valence-corrected chi connectivity index (χ1v) is 19.4. The number of benzene rings is 8. The van der Waals surface area contributed by atoms with Crippen LogP contribution < -0.4 is 25.6 Å². The van der Waals surface area contributed by atoms with Crippen LogP contribution in [0.1, 0.15) is 0 Å². The Morgan fingerprint density at radius 3 is 1.29 bits per heavy atom. The SMILES string of the molecule is c1ccc(N(c2ccc(-c3ccc([Si](c4ccccc4)(c4ccccc4)c4ccccc4)cc3)cc2)c2ccc3oc4ccccc4c3c2)cc1. The highest BCUT2D eigenvalue weighted by molar-refractivity contribution is 7.19. The second-order valence-corrected chi connectivity index (χ2v) is 16.7. The van der Waals surface area contributed by atoms with Gasteiger partial charge in [0.2, 0.25) is 0 Å². The quantitative estimate of drug-likeness (QED) is 0.118. The van der Waals surface area contributed by atoms with Crippen molar-refractivity contribution in [2.75, 3.05) is 4.90 Å². The Hall–Kier alpha value is -6.42. The maximum Gasteiger partial charge on any atom is 0.179 e. The molecule has 0 N–H and O–H groups in total. The Kier molecular flexibility index (Phi) is 7.88. The van der Waals surface area contributed by atoms with Crippen molar-refractivity contribution in [1.82, 2.24) is 0 Å². The molecular formula is C48H35NOSi. The predicted molar refractivity (Wildman–Crippen MR) is 217 cm³/mol. The molecule has 51 heavy (non-hydrogen) atoms. The molecule has 9 rings (SSSR count). The zero-order valence-corrected chi connectivity index (χ0v) is 29.1. The van der Waals surface area contributed by atoms with Crippen molar-refractivity contribution in [3.05, 3.63) is 212 Å². The molecule has 3 heteroatoms. The molecule has 2 nitrogen and oxygen atoms in total. The Labute approximate surface area is 299 Å². The van der Waals surface area contributed by atoms with E-state index in [0.29, 0.717) is 0 Å². The van der Waals surface area contributed by atoms with Crippen molar-refractivity contribution in [2.45, 2.75) is 0 Å². The summed E-state index contributed by atoms with van der Waals surface area (Å²) in [7, 11) is -2.57. The number of hydrogen-bond acceptors (Lipinski definition) is 2. The van der Waals surface area contributed by atoms with Gasteiger partial charge in [0.25, 0.3) is 0 Å². The van der Waals surface area contributed by atoms with Crippen molar-refractivity contribution in [3.63, 3.8) is 0 Å². The molecule has 0 amide bonds. The number of nitrogens with zero attached hydrogens (tertiary/aromatic N) is 1. The van der Waals surface area contributed by atoms with Crippen LogP contribution >= 0.6 is 0 Å². The highest BCUT2D eigenvalue weighted by Crippen LogP contribution is 2.39. The molecule has 0 saturated heterocycles. The van der Waals surface area contributed by atoms with Crippen molar-refractivity contribution in [3.8, 4) is 11.1 Å². The molecule has 1 aromatic heterocycles. The largest absolute Gasteiger partial charge is 0.456 e. The lowest BCUT2D eigenvalue weighted by molar-refractivity contribution is 0.669. The fourth-order valence-corrected chi connectivity index (χ4v) is 12.4. The molecule has 0 spiro atoms. The first-order chi connectivity index (χ1) is 25.3. The Morgan fingerprint density at radius 1 is 0.314 bits per heavy atom. The number of hydrogen-bond donors (Lipinski definition) is 0. The van der Waals surface area contributed by atoms with Gasteiger partial charge in [0.05, 0.1) is 0 Å². The van der Waals surface area contributed by atoms with Crippen molar-refractivity contribution < 1.29 is 4.42 Å². The normalized spacial score (nSPS) is 11.5. The standard InChI is InChI=1S/C48H35NOSi/c1-5-15-38(16-6-1)49(40-31-34-48-46(35-40)45-23-13-14-24-47(45)50-48)39-29-25-36(26-30-39)37-27-32-44(33-28-37)51(41-17-7-2-8-18-41,42-19-9-3-10-20-42)43-21-11-4-12-22-43/h1-35H. The summed E-state index contributed by atoms with van der Waals surface area (Å²) < 4.78 is 6.15. The molecule has 0 aliphatic rings. The van der Waals surface area contributed by atoms with Crippen molar-refractivity contribution in [1.29, 1.82) is 0 Å². The summed E-state index contributed by atoms with van der Waals surface area (Å²) in [6.45, 7) is 0. The first-order valence-electron chi connectivity index (χ1n) is 17.4. The van der Waals surface area contributed by atoms with E-state index in [1.165, 1.54) is 31.9 Å². The monoisotopic (exact) mass is 669 g/mol. The van der Waals surface area contributed by atoms with Gasteiger partial charge >= 0.3 is 0 Å². The van der Waals surface area contributed by atoms with Gasteiger partial charge in [-0.2, -0.15) is 0 Å². The van der Waals surface area contributed by atoms with Crippen LogP contribution in [-0.4, -0.2) is 8.07 Å². The van der Waals surface area contributed by atoms with Gasteiger partial charge in [0.15, 0.2) is 8.07 Å². The van der Waals surface area contributed by atoms with Crippen LogP contribution in [0.3, 0.4) is 0 Å². The lowest BCUT2D eigenvalue weighted by Crippen LogP contribution is -2.74. The van der Waals surface area contributed by atoms with Gasteiger partial charge in [-0.15, -0.1) is 0 Å². The van der Waals surface area contributed by atoms with E-state index in [1.807, 2.05) is 12.1 Å². The number of furan rings is 1. The third-order valence-corrected chi connectivity index (χ3v) is 14.8. The summed E-state index contributed by atoms with van der Waals surface area (Å²) in [4.78, 5) is 2.31. The van der Waals surface area contributed by atoms with Crippen LogP contribution in [0.4, 0.5) is 17.1 Å². The summed E-state index contributed by atoms with van der Waals surface area (Å²) in [5.41, 5.74) is 7.46. The van der Waals surface area contributed by atoms with E-state index in [-0.39, 0.29) is 0 Å². The Balaban J connectivity index is 1.11. The molecule has 0 atom stereocenters. The highest BCUT2D eigenvalue weighted by Gasteiger charge is 2.41. The topological polar surface area (TPSA) is 16.4 Å². The smallest absolute Gasteiger partial charge is 0.179 e. The average Bonchev–Trinajstić information content (AvgIpc) is 3.59. The van der Waals surface area contributed by atoms with E-state index in [1.54, 1.807) is 0 Å². The van der Waals surface area contributed by atoms with E-state index in [4.69, 9.17) is 4.42 Å². The van der Waals surface area contributed by atoms with E-state index < -0.39 is 8.07 Å². The summed E-state index contributed by atoms with van der Waals surface area (Å²) in [5, 5.41) is 7.73. The molecular weight excluding hydrogens is 635 g/mol. The van der Waals surface area contributed by atoms with Crippen molar-refractivity contribution >= 4 is 67.8 Å². The molecule has 0 saturated carbocycles. The van der Waals surface area contributed by atoms with Gasteiger partial charge in [-0.3, -0.25) is 0 Å². The second kappa shape index (κ2) is 13.1. The fourth-order valence-electron chi connectivity index (χ4n) is 7.66. The minimum absolute atomic E-state index is 0.894. The van der Waals surface area contributed by atoms with Gasteiger partial charge in [-0.1, -0.05) is 164 Å². The number of fused-ring (bicyclic) bond motifs is 3. The van der Waals surface area contributed by atoms with Crippen LogP contribution in [0.15, 0.2) is 217 Å². The van der Waals surface area contributed by atoms with Crippen LogP contribution in [0.5, 0.6) is 0 Å². The van der Waals surface area contributed by atoms with Crippen molar-refractivity contribution in [2.24, 2.45) is 0 Å². The number of para-hydroxylation sites is 2. The number of anilines is 3. The lowest BCUT2D eigenvalue weighted by atomic mass is 10.0. The third kappa shape index (κ3) is 5.45. The lowest BCUT2D eigenvalue weighted by Gasteiger charge is -2.34. The molecule has 0 fully saturated rings. The van der Waals surface area contributed by atoms with Gasteiger partial charge in [-0.05, 0) is 80.4 Å². The van der Waals surface area contributed by atoms with Crippen LogP contribution in [0, 0.1) is 0 Å². The molecule has 0 aliphatic heterocycles. The molecule has 242 valence electrons. The van der Waals surface area contributed by atoms with E-state index in [2.05, 4.69) is 205 Å². The van der Waals surface area contributed by atoms with E-state index >= 15 is 0 Å². The maximum atomic E-state index is 6.15. The molecule has 9 aromatic rings. The van der Waals surface area contributed by atoms with Gasteiger partial charge in [0.1, 0.15) is 11.2 Å². The van der Waals surface area contributed by atoms with Crippen LogP contribution in [0.2, 0.25) is 0 Å². The van der Waals surface area contributed by atoms with E-state index in [0.717, 1.165) is 39.0 Å². The summed E-state index contributed by atoms with van der Waals surface area (Å²) in [5.74, 6) is 0. The average molecular weight is 670 g/mol. The fraction of sp³-hybridized carbons (Fsp3) is 0. The minimum Gasteiger partial charge on any atom is -0.456 e. The molecule has 1 heterocycles. The molecule has 0 aliphatic carbocycles. The number of rotatable bonds is 8. The predicted octanol–water partition coefficient (Wildman–Crippen LogP) is 10.1. The Bertz CT molecular complexity index is 2450. The molecule has 8 aromatic carbocycles. The summed E-state index contributed by atoms with van der Waals surface area (Å²) >= 11 is 0.